The molecule has 3 heterocycles. The highest BCUT2D eigenvalue weighted by Crippen LogP contribution is 2.37. The van der Waals surface area contributed by atoms with E-state index >= 15 is 0 Å². The van der Waals surface area contributed by atoms with Crippen molar-refractivity contribution in [3.05, 3.63) is 53.2 Å². The SMILES string of the molecule is Cc1cc(OC(C)(C)C)ccc1-c1c(C)ncnc1N1Cc2cn[nH]c2C1. The largest absolute Gasteiger partial charge is 0.488 e. The Bertz CT molecular complexity index is 966. The molecule has 3 aromatic rings. The Kier molecular flexibility index (Phi) is 4.13. The number of H-pyrrole nitrogens is 1. The van der Waals surface area contributed by atoms with Crippen molar-refractivity contribution in [1.82, 2.24) is 20.2 Å². The van der Waals surface area contributed by atoms with Crippen molar-refractivity contribution in [2.75, 3.05) is 4.90 Å². The van der Waals surface area contributed by atoms with E-state index in [0.717, 1.165) is 52.7 Å². The topological polar surface area (TPSA) is 66.9 Å². The summed E-state index contributed by atoms with van der Waals surface area (Å²) in [6, 6.07) is 6.23. The summed E-state index contributed by atoms with van der Waals surface area (Å²) < 4.78 is 6.01. The first-order valence-corrected chi connectivity index (χ1v) is 9.19. The maximum Gasteiger partial charge on any atom is 0.140 e. The Balaban J connectivity index is 1.73. The van der Waals surface area contributed by atoms with Crippen LogP contribution < -0.4 is 9.64 Å². The predicted molar refractivity (Wildman–Crippen MR) is 106 cm³/mol. The zero-order valence-electron chi connectivity index (χ0n) is 16.5. The van der Waals surface area contributed by atoms with Gasteiger partial charge in [-0.15, -0.1) is 0 Å². The standard InChI is InChI=1S/C21H25N5O/c1-13-8-16(27-21(3,4)5)6-7-17(13)19-14(2)22-12-23-20(19)26-10-15-9-24-25-18(15)11-26/h6-9,12H,10-11H2,1-5H3,(H,24,25). The van der Waals surface area contributed by atoms with E-state index < -0.39 is 0 Å². The van der Waals surface area contributed by atoms with Gasteiger partial charge in [0.05, 0.1) is 24.1 Å². The average Bonchev–Trinajstić information content (AvgIpc) is 3.15. The van der Waals surface area contributed by atoms with Crippen LogP contribution in [0.15, 0.2) is 30.7 Å². The number of rotatable bonds is 3. The number of fused-ring (bicyclic) bond motifs is 1. The minimum Gasteiger partial charge on any atom is -0.488 e. The van der Waals surface area contributed by atoms with Gasteiger partial charge < -0.3 is 9.64 Å². The Hall–Kier alpha value is -2.89. The van der Waals surface area contributed by atoms with E-state index in [9.17, 15) is 0 Å². The highest BCUT2D eigenvalue weighted by atomic mass is 16.5. The van der Waals surface area contributed by atoms with Gasteiger partial charge >= 0.3 is 0 Å². The van der Waals surface area contributed by atoms with Crippen molar-refractivity contribution in [3.63, 3.8) is 0 Å². The lowest BCUT2D eigenvalue weighted by atomic mass is 9.99. The molecule has 0 unspecified atom stereocenters. The number of nitrogens with one attached hydrogen (secondary N) is 1. The summed E-state index contributed by atoms with van der Waals surface area (Å²) >= 11 is 0. The molecule has 1 N–H and O–H groups in total. The van der Waals surface area contributed by atoms with Gasteiger partial charge in [0.2, 0.25) is 0 Å². The molecule has 0 saturated heterocycles. The van der Waals surface area contributed by atoms with Crippen LogP contribution in [0.2, 0.25) is 0 Å². The molecule has 0 radical (unpaired) electrons. The lowest BCUT2D eigenvalue weighted by Gasteiger charge is -2.24. The highest BCUT2D eigenvalue weighted by Gasteiger charge is 2.26. The first-order valence-electron chi connectivity index (χ1n) is 9.19. The van der Waals surface area contributed by atoms with Gasteiger partial charge in [-0.25, -0.2) is 9.97 Å². The third-order valence-corrected chi connectivity index (χ3v) is 4.73. The summed E-state index contributed by atoms with van der Waals surface area (Å²) in [5, 5.41) is 7.20. The fraction of sp³-hybridized carbons (Fsp3) is 0.381. The van der Waals surface area contributed by atoms with Crippen LogP contribution in [0.4, 0.5) is 5.82 Å². The summed E-state index contributed by atoms with van der Waals surface area (Å²) in [4.78, 5) is 11.4. The number of hydrogen-bond acceptors (Lipinski definition) is 5. The molecule has 0 spiro atoms. The van der Waals surface area contributed by atoms with E-state index in [2.05, 4.69) is 64.9 Å². The summed E-state index contributed by atoms with van der Waals surface area (Å²) in [6.07, 6.45) is 3.54. The molecule has 0 saturated carbocycles. The minimum absolute atomic E-state index is 0.221. The molecule has 27 heavy (non-hydrogen) atoms. The summed E-state index contributed by atoms with van der Waals surface area (Å²) in [7, 11) is 0. The minimum atomic E-state index is -0.221. The highest BCUT2D eigenvalue weighted by molar-refractivity contribution is 5.80. The molecule has 6 heteroatoms. The lowest BCUT2D eigenvalue weighted by Crippen LogP contribution is -2.23. The Morgan fingerprint density at radius 3 is 2.63 bits per heavy atom. The number of ether oxygens (including phenoxy) is 1. The second-order valence-electron chi connectivity index (χ2n) is 8.08. The van der Waals surface area contributed by atoms with Gasteiger partial charge in [0.1, 0.15) is 23.5 Å². The van der Waals surface area contributed by atoms with Crippen molar-refractivity contribution < 1.29 is 4.74 Å². The zero-order valence-corrected chi connectivity index (χ0v) is 16.5. The number of aryl methyl sites for hydroxylation is 2. The summed E-state index contributed by atoms with van der Waals surface area (Å²) in [5.41, 5.74) is 6.50. The fourth-order valence-corrected chi connectivity index (χ4v) is 3.56. The quantitative estimate of drug-likeness (QED) is 0.756. The van der Waals surface area contributed by atoms with E-state index in [1.54, 1.807) is 6.33 Å². The number of aromatic nitrogens is 4. The summed E-state index contributed by atoms with van der Waals surface area (Å²) in [5.74, 6) is 1.83. The van der Waals surface area contributed by atoms with Crippen LogP contribution in [0.3, 0.4) is 0 Å². The smallest absolute Gasteiger partial charge is 0.140 e. The molecule has 6 nitrogen and oxygen atoms in total. The number of nitrogens with zero attached hydrogens (tertiary/aromatic N) is 4. The van der Waals surface area contributed by atoms with Crippen LogP contribution in [0, 0.1) is 13.8 Å². The van der Waals surface area contributed by atoms with Gasteiger partial charge in [-0.3, -0.25) is 5.10 Å². The number of aromatic amines is 1. The Morgan fingerprint density at radius 1 is 1.11 bits per heavy atom. The molecule has 1 aromatic carbocycles. The van der Waals surface area contributed by atoms with E-state index in [0.29, 0.717) is 0 Å². The van der Waals surface area contributed by atoms with Gasteiger partial charge in [-0.2, -0.15) is 5.10 Å². The first-order chi connectivity index (χ1) is 12.8. The molecule has 4 rings (SSSR count). The molecule has 2 aromatic heterocycles. The van der Waals surface area contributed by atoms with Gasteiger partial charge in [0, 0.05) is 17.7 Å². The van der Waals surface area contributed by atoms with Crippen LogP contribution in [0.5, 0.6) is 5.75 Å². The van der Waals surface area contributed by atoms with E-state index in [4.69, 9.17) is 4.74 Å². The Morgan fingerprint density at radius 2 is 1.93 bits per heavy atom. The van der Waals surface area contributed by atoms with Gasteiger partial charge in [0.15, 0.2) is 0 Å². The van der Waals surface area contributed by atoms with Gasteiger partial charge in [-0.05, 0) is 57.9 Å². The molecule has 0 atom stereocenters. The summed E-state index contributed by atoms with van der Waals surface area (Å²) in [6.45, 7) is 11.9. The molecule has 1 aliphatic rings. The fourth-order valence-electron chi connectivity index (χ4n) is 3.56. The molecule has 0 aliphatic carbocycles. The molecule has 1 aliphatic heterocycles. The zero-order chi connectivity index (χ0) is 19.2. The van der Waals surface area contributed by atoms with Crippen molar-refractivity contribution in [2.45, 2.75) is 53.3 Å². The third kappa shape index (κ3) is 3.39. The number of hydrogen-bond donors (Lipinski definition) is 1. The Labute approximate surface area is 159 Å². The molecule has 0 amide bonds. The third-order valence-electron chi connectivity index (χ3n) is 4.73. The van der Waals surface area contributed by atoms with Crippen molar-refractivity contribution in [1.29, 1.82) is 0 Å². The molecule has 140 valence electrons. The van der Waals surface area contributed by atoms with Crippen LogP contribution in [0.25, 0.3) is 11.1 Å². The second-order valence-corrected chi connectivity index (χ2v) is 8.08. The average molecular weight is 363 g/mol. The van der Waals surface area contributed by atoms with Gasteiger partial charge in [-0.1, -0.05) is 6.07 Å². The van der Waals surface area contributed by atoms with E-state index in [1.807, 2.05) is 19.2 Å². The predicted octanol–water partition coefficient (Wildman–Crippen LogP) is 4.18. The van der Waals surface area contributed by atoms with Crippen molar-refractivity contribution >= 4 is 5.82 Å². The second kappa shape index (κ2) is 6.37. The molecular weight excluding hydrogens is 338 g/mol. The van der Waals surface area contributed by atoms with Crippen LogP contribution >= 0.6 is 0 Å². The monoisotopic (exact) mass is 363 g/mol. The van der Waals surface area contributed by atoms with Crippen molar-refractivity contribution in [2.24, 2.45) is 0 Å². The van der Waals surface area contributed by atoms with Crippen molar-refractivity contribution in [3.8, 4) is 16.9 Å². The number of anilines is 1. The maximum atomic E-state index is 6.01. The molecule has 0 fully saturated rings. The van der Waals surface area contributed by atoms with Gasteiger partial charge in [0.25, 0.3) is 0 Å². The molecule has 0 bridgehead atoms. The molecular formula is C21H25N5O. The first kappa shape index (κ1) is 17.5. The van der Waals surface area contributed by atoms with Crippen LogP contribution in [-0.2, 0) is 13.1 Å². The number of benzene rings is 1. The lowest BCUT2D eigenvalue weighted by molar-refractivity contribution is 0.131. The van der Waals surface area contributed by atoms with E-state index in [1.165, 1.54) is 5.56 Å². The van der Waals surface area contributed by atoms with Crippen LogP contribution in [-0.4, -0.2) is 25.8 Å². The van der Waals surface area contributed by atoms with E-state index in [-0.39, 0.29) is 5.60 Å². The van der Waals surface area contributed by atoms with Crippen LogP contribution in [0.1, 0.15) is 43.3 Å². The normalized spacial score (nSPS) is 13.7. The maximum absolute atomic E-state index is 6.01.